The Morgan fingerprint density at radius 3 is 2.67 bits per heavy atom. The van der Waals surface area contributed by atoms with Gasteiger partial charge in [0.15, 0.2) is 0 Å². The van der Waals surface area contributed by atoms with Gasteiger partial charge in [-0.2, -0.15) is 0 Å². The molecule has 2 N–H and O–H groups in total. The first kappa shape index (κ1) is 14.4. The molecule has 0 bridgehead atoms. The number of fused-ring (bicyclic) bond motifs is 1. The molecule has 2 aliphatic rings. The van der Waals surface area contributed by atoms with Crippen LogP contribution in [-0.2, 0) is 9.59 Å². The van der Waals surface area contributed by atoms with Gasteiger partial charge in [0, 0.05) is 10.6 Å². The van der Waals surface area contributed by atoms with Crippen LogP contribution in [-0.4, -0.2) is 22.7 Å². The number of carboxylic acid groups (broad SMARTS) is 1. The van der Waals surface area contributed by atoms with E-state index in [0.717, 1.165) is 22.6 Å². The lowest BCUT2D eigenvalue weighted by atomic mass is 9.73. The first-order valence-corrected chi connectivity index (χ1v) is 8.00. The average Bonchev–Trinajstić information content (AvgIpc) is 2.37. The molecule has 3 atom stereocenters. The first-order chi connectivity index (χ1) is 10.1. The number of rotatable bonds is 3. The van der Waals surface area contributed by atoms with E-state index in [1.165, 1.54) is 12.1 Å². The van der Waals surface area contributed by atoms with Gasteiger partial charge in [-0.25, -0.2) is 4.39 Å². The van der Waals surface area contributed by atoms with Crippen LogP contribution in [0.3, 0.4) is 0 Å². The van der Waals surface area contributed by atoms with Crippen molar-refractivity contribution in [1.82, 2.24) is 5.32 Å². The minimum Gasteiger partial charge on any atom is -0.481 e. The molecule has 1 aliphatic carbocycles. The lowest BCUT2D eigenvalue weighted by molar-refractivity contribution is -0.153. The summed E-state index contributed by atoms with van der Waals surface area (Å²) in [6, 6.07) is 4.39. The summed E-state index contributed by atoms with van der Waals surface area (Å²) < 4.78 is 13.4. The Kier molecular flexibility index (Phi) is 3.89. The van der Waals surface area contributed by atoms with Crippen molar-refractivity contribution in [3.63, 3.8) is 0 Å². The van der Waals surface area contributed by atoms with Crippen LogP contribution < -0.4 is 5.32 Å². The lowest BCUT2D eigenvalue weighted by Gasteiger charge is -2.34. The van der Waals surface area contributed by atoms with Crippen LogP contribution >= 0.6 is 11.8 Å². The molecule has 0 radical (unpaired) electrons. The second-order valence-corrected chi connectivity index (χ2v) is 6.65. The second-order valence-electron chi connectivity index (χ2n) is 5.51. The zero-order valence-electron chi connectivity index (χ0n) is 11.3. The van der Waals surface area contributed by atoms with Crippen LogP contribution in [0.4, 0.5) is 4.39 Å². The number of benzene rings is 1. The van der Waals surface area contributed by atoms with E-state index in [0.29, 0.717) is 12.8 Å². The van der Waals surface area contributed by atoms with Gasteiger partial charge < -0.3 is 10.4 Å². The molecule has 0 spiro atoms. The van der Waals surface area contributed by atoms with Gasteiger partial charge in [0.05, 0.1) is 17.9 Å². The van der Waals surface area contributed by atoms with Crippen LogP contribution in [0.2, 0.25) is 0 Å². The van der Waals surface area contributed by atoms with E-state index in [2.05, 4.69) is 5.32 Å². The minimum atomic E-state index is -0.910. The number of carbonyl (C=O) groups excluding carboxylic acids is 1. The molecule has 1 heterocycles. The zero-order chi connectivity index (χ0) is 15.0. The third-order valence-electron chi connectivity index (χ3n) is 4.26. The Hall–Kier alpha value is -1.56. The number of amides is 1. The van der Waals surface area contributed by atoms with Gasteiger partial charge in [-0.15, -0.1) is 11.8 Å². The molecular weight excluding hydrogens is 293 g/mol. The summed E-state index contributed by atoms with van der Waals surface area (Å²) in [4.78, 5) is 24.2. The molecule has 1 fully saturated rings. The fraction of sp³-hybridized carbons (Fsp3) is 0.467. The number of carbonyl (C=O) groups is 2. The molecule has 1 saturated carbocycles. The molecule has 0 saturated heterocycles. The molecule has 112 valence electrons. The Morgan fingerprint density at radius 2 is 2.00 bits per heavy atom. The van der Waals surface area contributed by atoms with E-state index >= 15 is 0 Å². The monoisotopic (exact) mass is 309 g/mol. The van der Waals surface area contributed by atoms with E-state index in [-0.39, 0.29) is 17.8 Å². The summed E-state index contributed by atoms with van der Waals surface area (Å²) in [5, 5.41) is 11.9. The van der Waals surface area contributed by atoms with Gasteiger partial charge in [0.1, 0.15) is 5.82 Å². The highest BCUT2D eigenvalue weighted by Crippen LogP contribution is 2.39. The van der Waals surface area contributed by atoms with Crippen molar-refractivity contribution in [2.24, 2.45) is 11.8 Å². The van der Waals surface area contributed by atoms with Crippen LogP contribution in [0.25, 0.3) is 0 Å². The molecule has 21 heavy (non-hydrogen) atoms. The Morgan fingerprint density at radius 1 is 1.24 bits per heavy atom. The van der Waals surface area contributed by atoms with Gasteiger partial charge in [0.2, 0.25) is 5.91 Å². The molecule has 4 nitrogen and oxygen atoms in total. The summed E-state index contributed by atoms with van der Waals surface area (Å²) in [6.07, 6.45) is 1.90. The summed E-state index contributed by atoms with van der Waals surface area (Å²) in [5.74, 6) is -1.62. The van der Waals surface area contributed by atoms with Crippen molar-refractivity contribution in [2.45, 2.75) is 30.2 Å². The fourth-order valence-corrected chi connectivity index (χ4v) is 4.01. The van der Waals surface area contributed by atoms with Crippen molar-refractivity contribution >= 4 is 23.6 Å². The van der Waals surface area contributed by atoms with E-state index < -0.39 is 17.8 Å². The summed E-state index contributed by atoms with van der Waals surface area (Å²) in [5.41, 5.74) is 0.797. The maximum atomic E-state index is 13.4. The summed E-state index contributed by atoms with van der Waals surface area (Å²) >= 11 is 1.65. The molecule has 1 aliphatic heterocycles. The van der Waals surface area contributed by atoms with E-state index in [1.54, 1.807) is 17.8 Å². The molecule has 3 unspecified atom stereocenters. The number of hydrogen-bond donors (Lipinski definition) is 2. The van der Waals surface area contributed by atoms with Crippen LogP contribution in [0.15, 0.2) is 23.1 Å². The van der Waals surface area contributed by atoms with E-state index in [9.17, 15) is 14.0 Å². The highest BCUT2D eigenvalue weighted by Gasteiger charge is 2.42. The smallest absolute Gasteiger partial charge is 0.307 e. The molecule has 6 heteroatoms. The maximum Gasteiger partial charge on any atom is 0.307 e. The normalized spacial score (nSPS) is 27.4. The van der Waals surface area contributed by atoms with Crippen molar-refractivity contribution in [2.75, 3.05) is 5.75 Å². The van der Waals surface area contributed by atoms with Crippen molar-refractivity contribution < 1.29 is 19.1 Å². The molecular formula is C15H16FNO3S. The largest absolute Gasteiger partial charge is 0.481 e. The van der Waals surface area contributed by atoms with Crippen LogP contribution in [0.5, 0.6) is 0 Å². The van der Waals surface area contributed by atoms with Gasteiger partial charge in [0.25, 0.3) is 0 Å². The number of aliphatic carboxylic acids is 1. The second kappa shape index (κ2) is 5.67. The minimum absolute atomic E-state index is 0.222. The van der Waals surface area contributed by atoms with E-state index in [4.69, 9.17) is 5.11 Å². The van der Waals surface area contributed by atoms with Crippen LogP contribution in [0, 0.1) is 17.7 Å². The van der Waals surface area contributed by atoms with Gasteiger partial charge >= 0.3 is 5.97 Å². The fourth-order valence-electron chi connectivity index (χ4n) is 2.90. The quantitative estimate of drug-likeness (QED) is 0.900. The Labute approximate surface area is 126 Å². The number of hydrogen-bond acceptors (Lipinski definition) is 3. The highest BCUT2D eigenvalue weighted by atomic mass is 32.2. The summed E-state index contributed by atoms with van der Waals surface area (Å²) in [7, 11) is 0. The average molecular weight is 309 g/mol. The van der Waals surface area contributed by atoms with Crippen LogP contribution in [0.1, 0.15) is 30.9 Å². The molecule has 3 rings (SSSR count). The van der Waals surface area contributed by atoms with Crippen molar-refractivity contribution in [1.29, 1.82) is 0 Å². The predicted octanol–water partition coefficient (Wildman–Crippen LogP) is 2.59. The molecule has 1 aromatic rings. The highest BCUT2D eigenvalue weighted by molar-refractivity contribution is 7.99. The van der Waals surface area contributed by atoms with Gasteiger partial charge in [-0.3, -0.25) is 9.59 Å². The Bertz CT molecular complexity index is 592. The SMILES string of the molecule is O=C(O)C1CCC1C(=O)NC1CCSc2ccc(F)cc21. The standard InChI is InChI=1S/C15H16FNO3S/c16-8-1-4-13-11(7-8)12(5-6-21-13)17-14(18)9-2-3-10(9)15(19)20/h1,4,7,9-10,12H,2-3,5-6H2,(H,17,18)(H,19,20). The number of halogens is 1. The molecule has 0 aromatic heterocycles. The third kappa shape index (κ3) is 2.77. The Balaban J connectivity index is 1.73. The van der Waals surface area contributed by atoms with Gasteiger partial charge in [-0.1, -0.05) is 0 Å². The maximum absolute atomic E-state index is 13.4. The first-order valence-electron chi connectivity index (χ1n) is 7.01. The third-order valence-corrected chi connectivity index (χ3v) is 5.38. The van der Waals surface area contributed by atoms with Gasteiger partial charge in [-0.05, 0) is 43.0 Å². The lowest BCUT2D eigenvalue weighted by Crippen LogP contribution is -2.45. The number of thioether (sulfide) groups is 1. The van der Waals surface area contributed by atoms with Crippen molar-refractivity contribution in [3.05, 3.63) is 29.6 Å². The molecule has 1 aromatic carbocycles. The number of carboxylic acids is 1. The van der Waals surface area contributed by atoms with E-state index in [1.807, 2.05) is 0 Å². The summed E-state index contributed by atoms with van der Waals surface area (Å²) in [6.45, 7) is 0. The molecule has 1 amide bonds. The topological polar surface area (TPSA) is 66.4 Å². The predicted molar refractivity (Wildman–Crippen MR) is 76.5 cm³/mol. The number of nitrogens with one attached hydrogen (secondary N) is 1. The van der Waals surface area contributed by atoms with Crippen molar-refractivity contribution in [3.8, 4) is 0 Å². The zero-order valence-corrected chi connectivity index (χ0v) is 12.2.